The molecule has 1 N–H and O–H groups in total. The van der Waals surface area contributed by atoms with E-state index in [1.165, 1.54) is 34.3 Å². The fourth-order valence-electron chi connectivity index (χ4n) is 1.80. The van der Waals surface area contributed by atoms with Gasteiger partial charge in [-0.15, -0.1) is 11.3 Å². The number of nitrogens with one attached hydrogen (secondary N) is 1. The maximum atomic E-state index is 3.51. The minimum absolute atomic E-state index is 0.607. The summed E-state index contributed by atoms with van der Waals surface area (Å²) in [5, 5.41) is 5.63. The first-order valence-corrected chi connectivity index (χ1v) is 6.58. The fourth-order valence-corrected chi connectivity index (χ4v) is 3.25. The van der Waals surface area contributed by atoms with Gasteiger partial charge in [-0.3, -0.25) is 0 Å². The Morgan fingerprint density at radius 2 is 2.57 bits per heavy atom. The van der Waals surface area contributed by atoms with Gasteiger partial charge >= 0.3 is 0 Å². The average molecular weight is 272 g/mol. The summed E-state index contributed by atoms with van der Waals surface area (Å²) < 4.78 is 1.18. The second kappa shape index (κ2) is 4.60. The van der Waals surface area contributed by atoms with Crippen LogP contribution in [-0.4, -0.2) is 12.6 Å². The number of hydrogen-bond donors (Lipinski definition) is 1. The van der Waals surface area contributed by atoms with Gasteiger partial charge in [-0.1, -0.05) is 5.57 Å². The van der Waals surface area contributed by atoms with Crippen LogP contribution in [0.25, 0.3) is 6.08 Å². The Balaban J connectivity index is 2.09. The second-order valence-corrected chi connectivity index (χ2v) is 5.56. The molecule has 1 aliphatic heterocycles. The molecule has 1 aromatic rings. The Labute approximate surface area is 97.3 Å². The molecule has 1 atom stereocenters. The van der Waals surface area contributed by atoms with Crippen LogP contribution in [0.3, 0.4) is 0 Å². The lowest BCUT2D eigenvalue weighted by molar-refractivity contribution is 0.693. The van der Waals surface area contributed by atoms with Crippen LogP contribution in [-0.2, 0) is 0 Å². The molecule has 3 heteroatoms. The molecule has 0 aromatic carbocycles. The monoisotopic (exact) mass is 271 g/mol. The molecule has 0 aliphatic carbocycles. The van der Waals surface area contributed by atoms with Crippen molar-refractivity contribution in [3.63, 3.8) is 0 Å². The highest BCUT2D eigenvalue weighted by molar-refractivity contribution is 9.10. The van der Waals surface area contributed by atoms with Gasteiger partial charge in [0.15, 0.2) is 0 Å². The Hall–Kier alpha value is -0.120. The Morgan fingerprint density at radius 3 is 3.14 bits per heavy atom. The van der Waals surface area contributed by atoms with Crippen molar-refractivity contribution in [2.24, 2.45) is 0 Å². The zero-order valence-corrected chi connectivity index (χ0v) is 10.6. The van der Waals surface area contributed by atoms with Crippen LogP contribution < -0.4 is 5.32 Å². The fraction of sp³-hybridized carbons (Fsp3) is 0.455. The molecule has 1 aromatic heterocycles. The second-order valence-electron chi connectivity index (χ2n) is 3.70. The average Bonchev–Trinajstić information content (AvgIpc) is 2.75. The van der Waals surface area contributed by atoms with Crippen LogP contribution in [0.15, 0.2) is 21.5 Å². The highest BCUT2D eigenvalue weighted by Gasteiger charge is 2.15. The molecule has 0 amide bonds. The van der Waals surface area contributed by atoms with E-state index in [-0.39, 0.29) is 0 Å². The van der Waals surface area contributed by atoms with Crippen molar-refractivity contribution < 1.29 is 0 Å². The zero-order valence-electron chi connectivity index (χ0n) is 8.22. The lowest BCUT2D eigenvalue weighted by atomic mass is 10.1. The summed E-state index contributed by atoms with van der Waals surface area (Å²) in [5.41, 5.74) is 1.46. The molecule has 1 fully saturated rings. The first-order chi connectivity index (χ1) is 6.75. The molecule has 14 heavy (non-hydrogen) atoms. The third kappa shape index (κ3) is 2.47. The van der Waals surface area contributed by atoms with Crippen LogP contribution in [0.5, 0.6) is 0 Å². The van der Waals surface area contributed by atoms with Crippen LogP contribution in [0.4, 0.5) is 0 Å². The summed E-state index contributed by atoms with van der Waals surface area (Å²) in [6, 6.07) is 2.78. The predicted molar refractivity (Wildman–Crippen MR) is 66.7 cm³/mol. The van der Waals surface area contributed by atoms with E-state index in [0.29, 0.717) is 6.04 Å². The van der Waals surface area contributed by atoms with Crippen LogP contribution in [0.1, 0.15) is 24.6 Å². The molecular weight excluding hydrogens is 258 g/mol. The van der Waals surface area contributed by atoms with Gasteiger partial charge in [0, 0.05) is 20.8 Å². The molecule has 0 saturated carbocycles. The summed E-state index contributed by atoms with van der Waals surface area (Å²) in [6.45, 7) is 3.39. The number of hydrogen-bond acceptors (Lipinski definition) is 2. The third-order valence-corrected chi connectivity index (χ3v) is 4.21. The van der Waals surface area contributed by atoms with E-state index < -0.39 is 0 Å². The van der Waals surface area contributed by atoms with Crippen molar-refractivity contribution in [2.45, 2.75) is 25.8 Å². The Bertz CT molecular complexity index is 337. The van der Waals surface area contributed by atoms with Gasteiger partial charge in [-0.2, -0.15) is 0 Å². The van der Waals surface area contributed by atoms with E-state index in [4.69, 9.17) is 0 Å². The molecule has 76 valence electrons. The lowest BCUT2D eigenvalue weighted by Crippen LogP contribution is -2.22. The van der Waals surface area contributed by atoms with Crippen LogP contribution in [0, 0.1) is 0 Å². The summed E-state index contributed by atoms with van der Waals surface area (Å²) in [7, 11) is 0. The van der Waals surface area contributed by atoms with E-state index >= 15 is 0 Å². The van der Waals surface area contributed by atoms with E-state index in [9.17, 15) is 0 Å². The van der Waals surface area contributed by atoms with Crippen molar-refractivity contribution in [3.8, 4) is 0 Å². The molecule has 2 rings (SSSR count). The maximum absolute atomic E-state index is 3.51. The molecule has 2 heterocycles. The summed E-state index contributed by atoms with van der Waals surface area (Å²) >= 11 is 5.26. The maximum Gasteiger partial charge on any atom is 0.0288 e. The topological polar surface area (TPSA) is 12.0 Å². The molecular formula is C11H14BrNS. The number of thiophene rings is 1. The summed E-state index contributed by atoms with van der Waals surface area (Å²) in [4.78, 5) is 1.34. The standard InChI is InChI=1S/C11H14BrNS/c1-8(11-3-2-4-13-11)5-10-6-9(12)7-14-10/h5-7,11,13H,2-4H2,1H3/b8-5-. The molecule has 1 nitrogen and oxygen atoms in total. The third-order valence-electron chi connectivity index (χ3n) is 2.57. The number of rotatable bonds is 2. The molecule has 1 unspecified atom stereocenters. The summed E-state index contributed by atoms with van der Waals surface area (Å²) in [6.07, 6.45) is 4.89. The molecule has 1 saturated heterocycles. The van der Waals surface area contributed by atoms with Crippen molar-refractivity contribution in [3.05, 3.63) is 26.4 Å². The van der Waals surface area contributed by atoms with Gasteiger partial charge in [0.1, 0.15) is 0 Å². The predicted octanol–water partition coefficient (Wildman–Crippen LogP) is 3.67. The normalized spacial score (nSPS) is 23.0. The van der Waals surface area contributed by atoms with E-state index in [2.05, 4.69) is 45.7 Å². The van der Waals surface area contributed by atoms with Gasteiger partial charge in [-0.05, 0) is 54.4 Å². The quantitative estimate of drug-likeness (QED) is 0.866. The van der Waals surface area contributed by atoms with Gasteiger partial charge in [0.05, 0.1) is 0 Å². The van der Waals surface area contributed by atoms with Crippen molar-refractivity contribution in [2.75, 3.05) is 6.54 Å². The molecule has 0 spiro atoms. The van der Waals surface area contributed by atoms with E-state index in [1.54, 1.807) is 11.3 Å². The Morgan fingerprint density at radius 1 is 1.71 bits per heavy atom. The van der Waals surface area contributed by atoms with Gasteiger partial charge in [-0.25, -0.2) is 0 Å². The SMILES string of the molecule is C/C(=C/c1cc(Br)cs1)C1CCCN1. The van der Waals surface area contributed by atoms with Gasteiger partial charge in [0.2, 0.25) is 0 Å². The highest BCUT2D eigenvalue weighted by Crippen LogP contribution is 2.24. The lowest BCUT2D eigenvalue weighted by Gasteiger charge is -2.09. The van der Waals surface area contributed by atoms with Crippen LogP contribution >= 0.6 is 27.3 Å². The van der Waals surface area contributed by atoms with Crippen molar-refractivity contribution in [1.29, 1.82) is 0 Å². The van der Waals surface area contributed by atoms with Gasteiger partial charge in [0.25, 0.3) is 0 Å². The smallest absolute Gasteiger partial charge is 0.0288 e. The largest absolute Gasteiger partial charge is 0.310 e. The number of halogens is 1. The molecule has 1 aliphatic rings. The minimum atomic E-state index is 0.607. The first-order valence-electron chi connectivity index (χ1n) is 4.91. The minimum Gasteiger partial charge on any atom is -0.310 e. The molecule has 0 radical (unpaired) electrons. The highest BCUT2D eigenvalue weighted by atomic mass is 79.9. The molecule has 0 bridgehead atoms. The van der Waals surface area contributed by atoms with E-state index in [1.807, 2.05) is 0 Å². The Kier molecular flexibility index (Phi) is 3.42. The van der Waals surface area contributed by atoms with Gasteiger partial charge < -0.3 is 5.32 Å². The van der Waals surface area contributed by atoms with Crippen LogP contribution in [0.2, 0.25) is 0 Å². The first kappa shape index (κ1) is 10.4. The van der Waals surface area contributed by atoms with Crippen molar-refractivity contribution >= 4 is 33.3 Å². The zero-order chi connectivity index (χ0) is 9.97. The summed E-state index contributed by atoms with van der Waals surface area (Å²) in [5.74, 6) is 0. The van der Waals surface area contributed by atoms with E-state index in [0.717, 1.165) is 0 Å². The van der Waals surface area contributed by atoms with Crippen molar-refractivity contribution in [1.82, 2.24) is 5.32 Å².